The lowest BCUT2D eigenvalue weighted by Gasteiger charge is -2.21. The number of hydrogen-bond donors (Lipinski definition) is 0. The first kappa shape index (κ1) is 22.8. The maximum Gasteiger partial charge on any atom is 0.266 e. The zero-order chi connectivity index (χ0) is 21.7. The van der Waals surface area contributed by atoms with E-state index in [0.717, 1.165) is 29.6 Å². The average molecular weight is 466 g/mol. The van der Waals surface area contributed by atoms with E-state index in [1.54, 1.807) is 23.1 Å². The van der Waals surface area contributed by atoms with Crippen molar-refractivity contribution in [2.45, 2.75) is 19.8 Å². The molecule has 0 unspecified atom stereocenters. The van der Waals surface area contributed by atoms with Gasteiger partial charge in [0.15, 0.2) is 11.7 Å². The van der Waals surface area contributed by atoms with Crippen LogP contribution >= 0.6 is 34.5 Å². The van der Waals surface area contributed by atoms with Crippen molar-refractivity contribution in [3.05, 3.63) is 52.0 Å². The standard InChI is InChI=1S/C22H25Cl2N3O2S/c1-4-15-6-8-18-20(12-15)30-22(25-18)27(11-5-10-26(2)3)21(28)14-29-19-9-7-16(23)13-17(19)24/h6-9,12-13H,4-5,10-11,14H2,1-3H3. The molecule has 3 rings (SSSR count). The van der Waals surface area contributed by atoms with Crippen LogP contribution in [0.2, 0.25) is 10.0 Å². The molecule has 0 aliphatic rings. The Morgan fingerprint density at radius 1 is 1.13 bits per heavy atom. The summed E-state index contributed by atoms with van der Waals surface area (Å²) in [5.74, 6) is 0.272. The monoisotopic (exact) mass is 465 g/mol. The van der Waals surface area contributed by atoms with Crippen LogP contribution in [-0.4, -0.2) is 49.6 Å². The number of rotatable bonds is 9. The van der Waals surface area contributed by atoms with Crippen molar-refractivity contribution < 1.29 is 9.53 Å². The largest absolute Gasteiger partial charge is 0.482 e. The van der Waals surface area contributed by atoms with Gasteiger partial charge in [0, 0.05) is 11.6 Å². The lowest BCUT2D eigenvalue weighted by atomic mass is 10.2. The third-order valence-corrected chi connectivity index (χ3v) is 6.19. The van der Waals surface area contributed by atoms with Crippen LogP contribution in [-0.2, 0) is 11.2 Å². The summed E-state index contributed by atoms with van der Waals surface area (Å²) >= 11 is 13.6. The molecule has 1 heterocycles. The highest BCUT2D eigenvalue weighted by atomic mass is 35.5. The minimum atomic E-state index is -0.158. The van der Waals surface area contributed by atoms with Gasteiger partial charge in [-0.2, -0.15) is 0 Å². The van der Waals surface area contributed by atoms with Gasteiger partial charge in [0.05, 0.1) is 15.2 Å². The van der Waals surface area contributed by atoms with Gasteiger partial charge in [-0.05, 0) is 69.4 Å². The van der Waals surface area contributed by atoms with Crippen molar-refractivity contribution in [3.8, 4) is 5.75 Å². The number of aromatic nitrogens is 1. The molecule has 0 N–H and O–H groups in total. The second kappa shape index (κ2) is 10.4. The zero-order valence-corrected chi connectivity index (χ0v) is 19.7. The van der Waals surface area contributed by atoms with Crippen LogP contribution in [0.15, 0.2) is 36.4 Å². The molecule has 1 aromatic heterocycles. The highest BCUT2D eigenvalue weighted by Crippen LogP contribution is 2.31. The molecule has 8 heteroatoms. The lowest BCUT2D eigenvalue weighted by Crippen LogP contribution is -2.36. The molecule has 0 saturated heterocycles. The van der Waals surface area contributed by atoms with Crippen molar-refractivity contribution in [2.75, 3.05) is 38.7 Å². The SMILES string of the molecule is CCc1ccc2nc(N(CCCN(C)C)C(=O)COc3ccc(Cl)cc3Cl)sc2c1. The van der Waals surface area contributed by atoms with Gasteiger partial charge in [-0.15, -0.1) is 0 Å². The second-order valence-corrected chi connectivity index (χ2v) is 9.07. The number of halogens is 2. The van der Waals surface area contributed by atoms with E-state index in [9.17, 15) is 4.79 Å². The Morgan fingerprint density at radius 3 is 2.63 bits per heavy atom. The zero-order valence-electron chi connectivity index (χ0n) is 17.3. The molecule has 3 aromatic rings. The molecule has 0 radical (unpaired) electrons. The summed E-state index contributed by atoms with van der Waals surface area (Å²) < 4.78 is 6.76. The fraction of sp³-hybridized carbons (Fsp3) is 0.364. The quantitative estimate of drug-likeness (QED) is 0.416. The number of carbonyl (C=O) groups excluding carboxylic acids is 1. The van der Waals surface area contributed by atoms with Crippen molar-refractivity contribution >= 4 is 55.8 Å². The van der Waals surface area contributed by atoms with Gasteiger partial charge in [-0.25, -0.2) is 4.98 Å². The number of anilines is 1. The van der Waals surface area contributed by atoms with Gasteiger partial charge in [-0.3, -0.25) is 9.69 Å². The molecular formula is C22H25Cl2N3O2S. The molecule has 2 aromatic carbocycles. The predicted molar refractivity (Wildman–Crippen MR) is 126 cm³/mol. The molecule has 0 fully saturated rings. The summed E-state index contributed by atoms with van der Waals surface area (Å²) in [6, 6.07) is 11.2. The Labute approximate surface area is 191 Å². The topological polar surface area (TPSA) is 45.7 Å². The number of carbonyl (C=O) groups is 1. The maximum atomic E-state index is 13.1. The van der Waals surface area contributed by atoms with Crippen LogP contribution < -0.4 is 9.64 Å². The Hall–Kier alpha value is -1.86. The van der Waals surface area contributed by atoms with Gasteiger partial charge in [0.25, 0.3) is 5.91 Å². The van der Waals surface area contributed by atoms with Crippen LogP contribution in [0.3, 0.4) is 0 Å². The Morgan fingerprint density at radius 2 is 1.93 bits per heavy atom. The summed E-state index contributed by atoms with van der Waals surface area (Å²) in [5.41, 5.74) is 2.16. The van der Waals surface area contributed by atoms with E-state index in [0.29, 0.717) is 27.5 Å². The minimum Gasteiger partial charge on any atom is -0.482 e. The number of thiazole rings is 1. The van der Waals surface area contributed by atoms with Gasteiger partial charge in [0.1, 0.15) is 5.75 Å². The highest BCUT2D eigenvalue weighted by molar-refractivity contribution is 7.22. The number of ether oxygens (including phenoxy) is 1. The summed E-state index contributed by atoms with van der Waals surface area (Å²) in [6.45, 7) is 3.44. The first-order chi connectivity index (χ1) is 14.4. The van der Waals surface area contributed by atoms with Crippen molar-refractivity contribution in [1.29, 1.82) is 0 Å². The van der Waals surface area contributed by atoms with E-state index < -0.39 is 0 Å². The number of amides is 1. The van der Waals surface area contributed by atoms with Crippen LogP contribution in [0.4, 0.5) is 5.13 Å². The summed E-state index contributed by atoms with van der Waals surface area (Å²) in [5, 5.41) is 1.58. The van der Waals surface area contributed by atoms with Gasteiger partial charge >= 0.3 is 0 Å². The summed E-state index contributed by atoms with van der Waals surface area (Å²) in [7, 11) is 4.03. The van der Waals surface area contributed by atoms with E-state index in [-0.39, 0.29) is 12.5 Å². The lowest BCUT2D eigenvalue weighted by molar-refractivity contribution is -0.120. The molecule has 30 heavy (non-hydrogen) atoms. The molecular weight excluding hydrogens is 441 g/mol. The highest BCUT2D eigenvalue weighted by Gasteiger charge is 2.21. The smallest absolute Gasteiger partial charge is 0.266 e. The molecule has 0 aliphatic carbocycles. The molecule has 5 nitrogen and oxygen atoms in total. The number of fused-ring (bicyclic) bond motifs is 1. The first-order valence-electron chi connectivity index (χ1n) is 9.79. The third-order valence-electron chi connectivity index (χ3n) is 4.61. The van der Waals surface area contributed by atoms with Crippen molar-refractivity contribution in [3.63, 3.8) is 0 Å². The van der Waals surface area contributed by atoms with Crippen LogP contribution in [0.25, 0.3) is 10.2 Å². The Balaban J connectivity index is 1.79. The number of aryl methyl sites for hydroxylation is 1. The fourth-order valence-corrected chi connectivity index (χ4v) is 4.51. The van der Waals surface area contributed by atoms with E-state index in [1.807, 2.05) is 20.2 Å². The molecule has 0 bridgehead atoms. The number of benzene rings is 2. The molecule has 0 saturated carbocycles. The second-order valence-electron chi connectivity index (χ2n) is 7.22. The van der Waals surface area contributed by atoms with E-state index in [1.165, 1.54) is 16.9 Å². The molecule has 0 atom stereocenters. The van der Waals surface area contributed by atoms with E-state index in [4.69, 9.17) is 32.9 Å². The summed E-state index contributed by atoms with van der Waals surface area (Å²) in [4.78, 5) is 21.6. The molecule has 0 spiro atoms. The van der Waals surface area contributed by atoms with E-state index in [2.05, 4.69) is 24.0 Å². The number of hydrogen-bond acceptors (Lipinski definition) is 5. The average Bonchev–Trinajstić information content (AvgIpc) is 3.12. The normalized spacial score (nSPS) is 11.3. The van der Waals surface area contributed by atoms with Crippen LogP contribution in [0.1, 0.15) is 18.9 Å². The molecule has 0 aliphatic heterocycles. The first-order valence-corrected chi connectivity index (χ1v) is 11.4. The Kier molecular flexibility index (Phi) is 7.94. The summed E-state index contributed by atoms with van der Waals surface area (Å²) in [6.07, 6.45) is 1.79. The number of nitrogens with zero attached hydrogens (tertiary/aromatic N) is 3. The third kappa shape index (κ3) is 5.85. The van der Waals surface area contributed by atoms with Crippen molar-refractivity contribution in [1.82, 2.24) is 9.88 Å². The van der Waals surface area contributed by atoms with Gasteiger partial charge < -0.3 is 9.64 Å². The maximum absolute atomic E-state index is 13.1. The van der Waals surface area contributed by atoms with Gasteiger partial charge in [-0.1, -0.05) is 47.5 Å². The molecule has 1 amide bonds. The van der Waals surface area contributed by atoms with Gasteiger partial charge in [0.2, 0.25) is 0 Å². The minimum absolute atomic E-state index is 0.126. The molecule has 160 valence electrons. The van der Waals surface area contributed by atoms with E-state index >= 15 is 0 Å². The predicted octanol–water partition coefficient (Wildman–Crippen LogP) is 5.53. The fourth-order valence-electron chi connectivity index (χ4n) is 2.97. The van der Waals surface area contributed by atoms with Crippen LogP contribution in [0, 0.1) is 0 Å². The van der Waals surface area contributed by atoms with Crippen molar-refractivity contribution in [2.24, 2.45) is 0 Å². The van der Waals surface area contributed by atoms with Crippen LogP contribution in [0.5, 0.6) is 5.75 Å². The Bertz CT molecular complexity index is 1020.